The molecule has 5 aromatic rings. The lowest BCUT2D eigenvalue weighted by atomic mass is 10.0. The number of furan rings is 1. The number of fused-ring (bicyclic) bond motifs is 2. The van der Waals surface area contributed by atoms with Crippen molar-refractivity contribution in [3.63, 3.8) is 0 Å². The maximum atomic E-state index is 13.0. The van der Waals surface area contributed by atoms with Crippen LogP contribution in [0.4, 0.5) is 5.69 Å². The van der Waals surface area contributed by atoms with Crippen LogP contribution in [0.2, 0.25) is 0 Å². The Balaban J connectivity index is 1.31. The highest BCUT2D eigenvalue weighted by Gasteiger charge is 2.20. The van der Waals surface area contributed by atoms with E-state index in [1.807, 2.05) is 13.0 Å². The zero-order chi connectivity index (χ0) is 25.2. The molecule has 0 fully saturated rings. The van der Waals surface area contributed by atoms with Gasteiger partial charge in [-0.1, -0.05) is 12.1 Å². The number of aromatic nitrogens is 2. The number of rotatable bonds is 7. The fourth-order valence-corrected chi connectivity index (χ4v) is 4.10. The first kappa shape index (κ1) is 23.0. The van der Waals surface area contributed by atoms with Crippen molar-refractivity contribution in [3.8, 4) is 5.75 Å². The van der Waals surface area contributed by atoms with Gasteiger partial charge in [0.1, 0.15) is 11.3 Å². The van der Waals surface area contributed by atoms with Crippen molar-refractivity contribution in [2.45, 2.75) is 19.9 Å². The summed E-state index contributed by atoms with van der Waals surface area (Å²) in [6.07, 6.45) is 1.56. The van der Waals surface area contributed by atoms with E-state index in [0.717, 1.165) is 5.39 Å². The fourth-order valence-electron chi connectivity index (χ4n) is 4.10. The van der Waals surface area contributed by atoms with Gasteiger partial charge in [-0.2, -0.15) is 0 Å². The molecule has 0 saturated heterocycles. The lowest BCUT2D eigenvalue weighted by molar-refractivity contribution is -0.116. The molecule has 0 unspecified atom stereocenters. The highest BCUT2D eigenvalue weighted by atomic mass is 16.5. The lowest BCUT2D eigenvalue weighted by Crippen LogP contribution is -2.23. The number of carbonyl (C=O) groups excluding carboxylic acids is 2. The number of amides is 1. The van der Waals surface area contributed by atoms with Crippen LogP contribution in [0, 0.1) is 6.92 Å². The molecule has 2 aromatic heterocycles. The van der Waals surface area contributed by atoms with Crippen molar-refractivity contribution < 1.29 is 18.7 Å². The molecule has 8 nitrogen and oxygen atoms in total. The third-order valence-corrected chi connectivity index (χ3v) is 6.09. The van der Waals surface area contributed by atoms with Gasteiger partial charge in [0.25, 0.3) is 5.56 Å². The number of methoxy groups -OCH3 is 1. The Labute approximate surface area is 206 Å². The largest absolute Gasteiger partial charge is 0.497 e. The molecular weight excluding hydrogens is 458 g/mol. The number of hydrogen-bond acceptors (Lipinski definition) is 6. The summed E-state index contributed by atoms with van der Waals surface area (Å²) in [6, 6.07) is 19.1. The van der Waals surface area contributed by atoms with Crippen LogP contribution in [0.3, 0.4) is 0 Å². The molecule has 1 N–H and O–H groups in total. The van der Waals surface area contributed by atoms with Crippen molar-refractivity contribution in [1.82, 2.24) is 9.55 Å². The average molecular weight is 482 g/mol. The molecule has 180 valence electrons. The van der Waals surface area contributed by atoms with E-state index in [-0.39, 0.29) is 36.0 Å². The van der Waals surface area contributed by atoms with E-state index >= 15 is 0 Å². The SMILES string of the molecule is COc1ccc(C(=O)c2oc3ccc(NC(=O)CCn4cnc5ccccc5c4=O)cc3c2C)cc1. The minimum Gasteiger partial charge on any atom is -0.497 e. The van der Waals surface area contributed by atoms with Crippen molar-refractivity contribution in [2.75, 3.05) is 12.4 Å². The molecule has 5 rings (SSSR count). The maximum Gasteiger partial charge on any atom is 0.261 e. The summed E-state index contributed by atoms with van der Waals surface area (Å²) in [7, 11) is 1.57. The molecule has 0 atom stereocenters. The number of ketones is 1. The van der Waals surface area contributed by atoms with Gasteiger partial charge in [0.2, 0.25) is 11.7 Å². The second kappa shape index (κ2) is 9.50. The Kier molecular flexibility index (Phi) is 6.08. The summed E-state index contributed by atoms with van der Waals surface area (Å²) >= 11 is 0. The van der Waals surface area contributed by atoms with Crippen molar-refractivity contribution in [3.05, 3.63) is 100 Å². The third kappa shape index (κ3) is 4.36. The van der Waals surface area contributed by atoms with E-state index in [9.17, 15) is 14.4 Å². The summed E-state index contributed by atoms with van der Waals surface area (Å²) in [5.41, 5.74) is 2.75. The second-order valence-corrected chi connectivity index (χ2v) is 8.38. The molecule has 0 spiro atoms. The molecule has 3 aromatic carbocycles. The highest BCUT2D eigenvalue weighted by Crippen LogP contribution is 2.30. The van der Waals surface area contributed by atoms with Crippen LogP contribution >= 0.6 is 0 Å². The number of para-hydroxylation sites is 1. The van der Waals surface area contributed by atoms with Crippen LogP contribution in [0.25, 0.3) is 21.9 Å². The normalized spacial score (nSPS) is 11.1. The third-order valence-electron chi connectivity index (χ3n) is 6.09. The molecule has 1 amide bonds. The summed E-state index contributed by atoms with van der Waals surface area (Å²) < 4.78 is 12.4. The number of ether oxygens (including phenoxy) is 1. The van der Waals surface area contributed by atoms with Gasteiger partial charge < -0.3 is 14.5 Å². The number of anilines is 1. The van der Waals surface area contributed by atoms with E-state index in [1.54, 1.807) is 67.8 Å². The molecule has 0 aliphatic heterocycles. The molecule has 0 radical (unpaired) electrons. The van der Waals surface area contributed by atoms with E-state index < -0.39 is 0 Å². The Morgan fingerprint density at radius 2 is 1.81 bits per heavy atom. The lowest BCUT2D eigenvalue weighted by Gasteiger charge is -2.08. The van der Waals surface area contributed by atoms with E-state index in [1.165, 1.54) is 10.9 Å². The first-order valence-corrected chi connectivity index (χ1v) is 11.4. The number of nitrogens with zero attached hydrogens (tertiary/aromatic N) is 2. The molecular formula is C28H23N3O5. The van der Waals surface area contributed by atoms with Crippen molar-refractivity contribution in [2.24, 2.45) is 0 Å². The number of aryl methyl sites for hydroxylation is 2. The second-order valence-electron chi connectivity index (χ2n) is 8.38. The first-order chi connectivity index (χ1) is 17.4. The highest BCUT2D eigenvalue weighted by molar-refractivity contribution is 6.11. The van der Waals surface area contributed by atoms with Gasteiger partial charge in [0, 0.05) is 35.2 Å². The van der Waals surface area contributed by atoms with Gasteiger partial charge in [-0.15, -0.1) is 0 Å². The summed E-state index contributed by atoms with van der Waals surface area (Å²) in [5.74, 6) is 0.438. The standard InChI is InChI=1S/C28H23N3O5/c1-17-22-15-19(9-12-24(22)36-27(17)26(33)18-7-10-20(35-2)11-8-18)30-25(32)13-14-31-16-29-23-6-4-3-5-21(23)28(31)34/h3-12,15-16H,13-14H2,1-2H3,(H,30,32). The number of benzene rings is 3. The maximum absolute atomic E-state index is 13.0. The average Bonchev–Trinajstić information content (AvgIpc) is 3.23. The Bertz CT molecular complexity index is 1670. The Morgan fingerprint density at radius 1 is 1.03 bits per heavy atom. The first-order valence-electron chi connectivity index (χ1n) is 11.4. The smallest absolute Gasteiger partial charge is 0.261 e. The topological polar surface area (TPSA) is 103 Å². The summed E-state index contributed by atoms with van der Waals surface area (Å²) in [6.45, 7) is 2.02. The predicted molar refractivity (Wildman–Crippen MR) is 137 cm³/mol. The van der Waals surface area contributed by atoms with Gasteiger partial charge >= 0.3 is 0 Å². The van der Waals surface area contributed by atoms with E-state index in [4.69, 9.17) is 9.15 Å². The molecule has 0 aliphatic rings. The van der Waals surface area contributed by atoms with Gasteiger partial charge in [-0.05, 0) is 61.5 Å². The number of hydrogen-bond donors (Lipinski definition) is 1. The Morgan fingerprint density at radius 3 is 2.58 bits per heavy atom. The van der Waals surface area contributed by atoms with Crippen LogP contribution < -0.4 is 15.6 Å². The summed E-state index contributed by atoms with van der Waals surface area (Å²) in [4.78, 5) is 42.5. The Hall–Kier alpha value is -4.72. The zero-order valence-electron chi connectivity index (χ0n) is 19.8. The number of nitrogens with one attached hydrogen (secondary N) is 1. The van der Waals surface area contributed by atoms with Crippen LogP contribution in [0.5, 0.6) is 5.75 Å². The predicted octanol–water partition coefficient (Wildman–Crippen LogP) is 4.72. The molecule has 8 heteroatoms. The van der Waals surface area contributed by atoms with Crippen LogP contribution in [0.15, 0.2) is 82.3 Å². The molecule has 0 aliphatic carbocycles. The van der Waals surface area contributed by atoms with Gasteiger partial charge in [0.15, 0.2) is 5.76 Å². The van der Waals surface area contributed by atoms with Crippen molar-refractivity contribution in [1.29, 1.82) is 0 Å². The summed E-state index contributed by atoms with van der Waals surface area (Å²) in [5, 5.41) is 4.11. The van der Waals surface area contributed by atoms with Crippen LogP contribution in [-0.4, -0.2) is 28.4 Å². The van der Waals surface area contributed by atoms with Gasteiger partial charge in [-0.25, -0.2) is 4.98 Å². The number of carbonyl (C=O) groups is 2. The van der Waals surface area contributed by atoms with Gasteiger partial charge in [0.05, 0.1) is 24.3 Å². The molecule has 0 bridgehead atoms. The quantitative estimate of drug-likeness (QED) is 0.338. The van der Waals surface area contributed by atoms with Crippen LogP contribution in [0.1, 0.15) is 28.1 Å². The zero-order valence-corrected chi connectivity index (χ0v) is 19.8. The molecule has 0 saturated carbocycles. The minimum atomic E-state index is -0.245. The fraction of sp³-hybridized carbons (Fsp3) is 0.143. The van der Waals surface area contributed by atoms with E-state index in [2.05, 4.69) is 10.3 Å². The minimum absolute atomic E-state index is 0.101. The molecule has 2 heterocycles. The van der Waals surface area contributed by atoms with Crippen LogP contribution in [-0.2, 0) is 11.3 Å². The van der Waals surface area contributed by atoms with E-state index in [0.29, 0.717) is 39.0 Å². The monoisotopic (exact) mass is 481 g/mol. The van der Waals surface area contributed by atoms with Gasteiger partial charge in [-0.3, -0.25) is 19.0 Å². The molecule has 36 heavy (non-hydrogen) atoms. The van der Waals surface area contributed by atoms with Crippen molar-refractivity contribution >= 4 is 39.2 Å².